The van der Waals surface area contributed by atoms with Gasteiger partial charge < -0.3 is 10.1 Å². The van der Waals surface area contributed by atoms with E-state index in [0.29, 0.717) is 12.5 Å². The van der Waals surface area contributed by atoms with Crippen LogP contribution in [0.2, 0.25) is 0 Å². The Morgan fingerprint density at radius 1 is 1.50 bits per heavy atom. The van der Waals surface area contributed by atoms with E-state index in [1.165, 1.54) is 12.8 Å². The van der Waals surface area contributed by atoms with E-state index in [1.54, 1.807) is 0 Å². The van der Waals surface area contributed by atoms with Crippen molar-refractivity contribution in [2.45, 2.75) is 26.7 Å². The Morgan fingerprint density at radius 3 is 2.70 bits per heavy atom. The van der Waals surface area contributed by atoms with Crippen LogP contribution in [0.15, 0.2) is 12.5 Å². The van der Waals surface area contributed by atoms with Crippen LogP contribution < -0.4 is 5.32 Å². The molecule has 0 aliphatic rings. The van der Waals surface area contributed by atoms with Crippen LogP contribution in [0.1, 0.15) is 26.7 Å². The van der Waals surface area contributed by atoms with Crippen LogP contribution in [0, 0.1) is 0 Å². The minimum absolute atomic E-state index is 0.691. The van der Waals surface area contributed by atoms with E-state index in [-0.39, 0.29) is 0 Å². The number of rotatable bonds is 6. The first-order valence-electron chi connectivity index (χ1n) is 3.86. The second-order valence-corrected chi connectivity index (χ2v) is 2.14. The third-order valence-electron chi connectivity index (χ3n) is 1.17. The molecule has 0 aliphatic carbocycles. The number of hydrogen-bond donors (Lipinski definition) is 1. The van der Waals surface area contributed by atoms with E-state index in [0.717, 1.165) is 6.54 Å². The van der Waals surface area contributed by atoms with Gasteiger partial charge in [0.25, 0.3) is 0 Å². The van der Waals surface area contributed by atoms with Crippen molar-refractivity contribution in [3.63, 3.8) is 0 Å². The molecule has 0 amide bonds. The van der Waals surface area contributed by atoms with Crippen LogP contribution in [0.3, 0.4) is 0 Å². The minimum atomic E-state index is 0.691. The maximum atomic E-state index is 5.08. The fourth-order valence-electron chi connectivity index (χ4n) is 0.630. The van der Waals surface area contributed by atoms with Crippen molar-refractivity contribution in [1.29, 1.82) is 0 Å². The van der Waals surface area contributed by atoms with E-state index in [9.17, 15) is 0 Å². The van der Waals surface area contributed by atoms with Crippen LogP contribution >= 0.6 is 0 Å². The lowest BCUT2D eigenvalue weighted by Gasteiger charge is -2.08. The van der Waals surface area contributed by atoms with Gasteiger partial charge in [0, 0.05) is 6.54 Å². The molecule has 0 heterocycles. The molecule has 0 aromatic carbocycles. The monoisotopic (exact) mass is 143 g/mol. The molecule has 0 fully saturated rings. The van der Waals surface area contributed by atoms with Gasteiger partial charge in [-0.3, -0.25) is 0 Å². The second-order valence-electron chi connectivity index (χ2n) is 2.14. The molecule has 0 bridgehead atoms. The van der Waals surface area contributed by atoms with Crippen molar-refractivity contribution in [1.82, 2.24) is 5.32 Å². The zero-order chi connectivity index (χ0) is 7.82. The maximum absolute atomic E-state index is 5.08. The van der Waals surface area contributed by atoms with E-state index < -0.39 is 0 Å². The Bertz CT molecular complexity index is 91.3. The number of ether oxygens (including phenoxy) is 1. The zero-order valence-electron chi connectivity index (χ0n) is 6.94. The predicted molar refractivity (Wildman–Crippen MR) is 43.7 cm³/mol. The van der Waals surface area contributed by atoms with Crippen molar-refractivity contribution in [3.8, 4) is 0 Å². The Labute approximate surface area is 63.3 Å². The summed E-state index contributed by atoms with van der Waals surface area (Å²) in [4.78, 5) is 0. The Kier molecular flexibility index (Phi) is 6.03. The van der Waals surface area contributed by atoms with E-state index >= 15 is 0 Å². The normalized spacial score (nSPS) is 9.00. The first-order chi connectivity index (χ1) is 4.81. The molecular formula is C8H17NO. The van der Waals surface area contributed by atoms with E-state index in [1.807, 2.05) is 6.92 Å². The molecule has 0 aliphatic heterocycles. The quantitative estimate of drug-likeness (QED) is 0.453. The molecule has 2 nitrogen and oxygen atoms in total. The van der Waals surface area contributed by atoms with Gasteiger partial charge in [0.05, 0.1) is 6.61 Å². The first-order valence-corrected chi connectivity index (χ1v) is 3.86. The van der Waals surface area contributed by atoms with Crippen molar-refractivity contribution in [2.24, 2.45) is 0 Å². The Balaban J connectivity index is 3.05. The first kappa shape index (κ1) is 9.34. The third kappa shape index (κ3) is 5.48. The largest absolute Gasteiger partial charge is 0.480 e. The van der Waals surface area contributed by atoms with Gasteiger partial charge in [0.15, 0.2) is 5.88 Å². The highest BCUT2D eigenvalue weighted by Gasteiger charge is 1.88. The van der Waals surface area contributed by atoms with Crippen molar-refractivity contribution >= 4 is 0 Å². The fraction of sp³-hybridized carbons (Fsp3) is 0.750. The summed E-state index contributed by atoms with van der Waals surface area (Å²) >= 11 is 0. The van der Waals surface area contributed by atoms with E-state index in [4.69, 9.17) is 4.74 Å². The van der Waals surface area contributed by atoms with Crippen LogP contribution in [-0.4, -0.2) is 13.2 Å². The lowest BCUT2D eigenvalue weighted by Crippen LogP contribution is -2.15. The molecule has 2 heteroatoms. The zero-order valence-corrected chi connectivity index (χ0v) is 6.94. The van der Waals surface area contributed by atoms with Crippen molar-refractivity contribution in [2.75, 3.05) is 13.2 Å². The van der Waals surface area contributed by atoms with Crippen LogP contribution in [-0.2, 0) is 4.74 Å². The molecule has 1 N–H and O–H groups in total. The molecule has 0 saturated carbocycles. The number of nitrogens with one attached hydrogen (secondary N) is 1. The third-order valence-corrected chi connectivity index (χ3v) is 1.17. The molecule has 60 valence electrons. The second kappa shape index (κ2) is 6.46. The van der Waals surface area contributed by atoms with E-state index in [2.05, 4.69) is 18.8 Å². The Hall–Kier alpha value is -0.660. The molecule has 0 atom stereocenters. The average Bonchev–Trinajstić information content (AvgIpc) is 1.89. The molecule has 0 aromatic heterocycles. The van der Waals surface area contributed by atoms with Crippen LogP contribution in [0.25, 0.3) is 0 Å². The summed E-state index contributed by atoms with van der Waals surface area (Å²) in [5, 5.41) is 3.07. The van der Waals surface area contributed by atoms with Crippen molar-refractivity contribution in [3.05, 3.63) is 12.5 Å². The van der Waals surface area contributed by atoms with Gasteiger partial charge in [-0.1, -0.05) is 13.3 Å². The van der Waals surface area contributed by atoms with Crippen LogP contribution in [0.5, 0.6) is 0 Å². The molecule has 0 aromatic rings. The lowest BCUT2D eigenvalue weighted by molar-refractivity contribution is 0.207. The topological polar surface area (TPSA) is 21.3 Å². The molecular weight excluding hydrogens is 126 g/mol. The highest BCUT2D eigenvalue weighted by molar-refractivity contribution is 4.77. The van der Waals surface area contributed by atoms with Gasteiger partial charge in [-0.25, -0.2) is 0 Å². The van der Waals surface area contributed by atoms with Gasteiger partial charge in [-0.15, -0.1) is 0 Å². The molecule has 0 unspecified atom stereocenters. The fourth-order valence-corrected chi connectivity index (χ4v) is 0.630. The summed E-state index contributed by atoms with van der Waals surface area (Å²) < 4.78 is 5.08. The highest BCUT2D eigenvalue weighted by atomic mass is 16.5. The van der Waals surface area contributed by atoms with Gasteiger partial charge in [-0.2, -0.15) is 0 Å². The summed E-state index contributed by atoms with van der Waals surface area (Å²) in [5.41, 5.74) is 0. The molecule has 0 saturated heterocycles. The minimum Gasteiger partial charge on any atom is -0.480 e. The SMILES string of the molecule is C=C(NCCCC)OCC. The maximum Gasteiger partial charge on any atom is 0.179 e. The highest BCUT2D eigenvalue weighted by Crippen LogP contribution is 1.89. The van der Waals surface area contributed by atoms with Gasteiger partial charge in [-0.05, 0) is 19.9 Å². The van der Waals surface area contributed by atoms with Gasteiger partial charge in [0.1, 0.15) is 0 Å². The van der Waals surface area contributed by atoms with Gasteiger partial charge >= 0.3 is 0 Å². The lowest BCUT2D eigenvalue weighted by atomic mass is 10.3. The number of unbranched alkanes of at least 4 members (excludes halogenated alkanes) is 1. The summed E-state index contributed by atoms with van der Waals surface area (Å²) in [6, 6.07) is 0. The summed E-state index contributed by atoms with van der Waals surface area (Å²) in [6.45, 7) is 9.45. The summed E-state index contributed by atoms with van der Waals surface area (Å²) in [5.74, 6) is 0.691. The average molecular weight is 143 g/mol. The molecule has 0 spiro atoms. The Morgan fingerprint density at radius 2 is 2.20 bits per heavy atom. The molecule has 0 radical (unpaired) electrons. The van der Waals surface area contributed by atoms with Crippen molar-refractivity contribution < 1.29 is 4.74 Å². The smallest absolute Gasteiger partial charge is 0.179 e. The number of hydrogen-bond acceptors (Lipinski definition) is 2. The standard InChI is InChI=1S/C8H17NO/c1-4-6-7-9-8(3)10-5-2/h9H,3-7H2,1-2H3. The molecule has 10 heavy (non-hydrogen) atoms. The van der Waals surface area contributed by atoms with Gasteiger partial charge in [0.2, 0.25) is 0 Å². The summed E-state index contributed by atoms with van der Waals surface area (Å²) in [7, 11) is 0. The predicted octanol–water partition coefficient (Wildman–Crippen LogP) is 1.88. The summed E-state index contributed by atoms with van der Waals surface area (Å²) in [6.07, 6.45) is 2.37. The van der Waals surface area contributed by atoms with Crippen LogP contribution in [0.4, 0.5) is 0 Å². The molecule has 0 rings (SSSR count).